The minimum Gasteiger partial charge on any atom is -0.480 e. The molecular formula is C26H43N5O10. The summed E-state index contributed by atoms with van der Waals surface area (Å²) in [5.41, 5.74) is 5.45. The van der Waals surface area contributed by atoms with Crippen LogP contribution in [0.4, 0.5) is 0 Å². The number of nitrogens with one attached hydrogen (secondary N) is 3. The molecule has 1 unspecified atom stereocenters. The van der Waals surface area contributed by atoms with E-state index in [2.05, 4.69) is 16.0 Å². The third-order valence-electron chi connectivity index (χ3n) is 5.74. The van der Waals surface area contributed by atoms with E-state index in [0.29, 0.717) is 78.0 Å². The van der Waals surface area contributed by atoms with Gasteiger partial charge in [0.15, 0.2) is 0 Å². The second-order valence-electron chi connectivity index (χ2n) is 9.12. The summed E-state index contributed by atoms with van der Waals surface area (Å²) in [5, 5.41) is 16.3. The molecule has 232 valence electrons. The van der Waals surface area contributed by atoms with E-state index in [1.807, 2.05) is 0 Å². The summed E-state index contributed by atoms with van der Waals surface area (Å²) in [6, 6.07) is -0.876. The minimum atomic E-state index is -1.18. The van der Waals surface area contributed by atoms with Crippen LogP contribution in [-0.4, -0.2) is 117 Å². The highest BCUT2D eigenvalue weighted by atomic mass is 16.5. The quantitative estimate of drug-likeness (QED) is 0.0611. The molecule has 0 fully saturated rings. The summed E-state index contributed by atoms with van der Waals surface area (Å²) >= 11 is 0. The summed E-state index contributed by atoms with van der Waals surface area (Å²) in [5.74, 6) is -2.96. The van der Waals surface area contributed by atoms with Crippen molar-refractivity contribution in [2.75, 3.05) is 65.8 Å². The Balaban J connectivity index is 1.97. The van der Waals surface area contributed by atoms with Crippen LogP contribution >= 0.6 is 0 Å². The number of unbranched alkanes of at least 4 members (excludes halogenated alkanes) is 3. The highest BCUT2D eigenvalue weighted by Gasteiger charge is 2.22. The summed E-state index contributed by atoms with van der Waals surface area (Å²) in [7, 11) is 0. The zero-order valence-electron chi connectivity index (χ0n) is 23.4. The predicted octanol–water partition coefficient (Wildman–Crippen LogP) is -1.55. The van der Waals surface area contributed by atoms with Crippen LogP contribution in [0.25, 0.3) is 0 Å². The summed E-state index contributed by atoms with van der Waals surface area (Å²) in [6.45, 7) is 1.65. The first-order valence-corrected chi connectivity index (χ1v) is 13.8. The van der Waals surface area contributed by atoms with Gasteiger partial charge in [-0.15, -0.1) is 0 Å². The van der Waals surface area contributed by atoms with Gasteiger partial charge in [0.2, 0.25) is 17.7 Å². The van der Waals surface area contributed by atoms with E-state index in [0.717, 1.165) is 6.42 Å². The number of amides is 5. The number of hydrogen-bond donors (Lipinski definition) is 5. The Kier molecular flexibility index (Phi) is 19.4. The maximum absolute atomic E-state index is 12.1. The normalized spacial score (nSPS) is 13.3. The largest absolute Gasteiger partial charge is 0.480 e. The topological polar surface area (TPSA) is 216 Å². The number of ether oxygens (including phenoxy) is 3. The van der Waals surface area contributed by atoms with Crippen molar-refractivity contribution in [2.24, 2.45) is 5.73 Å². The Labute approximate surface area is 239 Å². The van der Waals surface area contributed by atoms with Crippen molar-refractivity contribution in [3.63, 3.8) is 0 Å². The van der Waals surface area contributed by atoms with Gasteiger partial charge < -0.3 is 41.0 Å². The van der Waals surface area contributed by atoms with Gasteiger partial charge in [-0.05, 0) is 38.6 Å². The molecule has 1 aliphatic heterocycles. The minimum absolute atomic E-state index is 0.0937. The van der Waals surface area contributed by atoms with E-state index >= 15 is 0 Å². The molecule has 0 radical (unpaired) electrons. The lowest BCUT2D eigenvalue weighted by Crippen LogP contribution is -2.48. The van der Waals surface area contributed by atoms with Gasteiger partial charge in [0.1, 0.15) is 19.2 Å². The van der Waals surface area contributed by atoms with Crippen molar-refractivity contribution in [1.29, 1.82) is 0 Å². The summed E-state index contributed by atoms with van der Waals surface area (Å²) in [4.78, 5) is 70.8. The highest BCUT2D eigenvalue weighted by Crippen LogP contribution is 2.07. The maximum atomic E-state index is 12.1. The number of nitrogens with zero attached hydrogens (tertiary/aromatic N) is 1. The first-order valence-electron chi connectivity index (χ1n) is 13.8. The number of carbonyl (C=O) groups excluding carboxylic acids is 5. The Bertz CT molecular complexity index is 865. The second kappa shape index (κ2) is 22.3. The molecule has 1 atom stereocenters. The number of carbonyl (C=O) groups is 6. The molecule has 0 aromatic carbocycles. The zero-order valence-corrected chi connectivity index (χ0v) is 23.4. The molecule has 0 aromatic rings. The Morgan fingerprint density at radius 1 is 0.829 bits per heavy atom. The molecule has 0 aliphatic carbocycles. The van der Waals surface area contributed by atoms with E-state index < -0.39 is 30.4 Å². The Morgan fingerprint density at radius 3 is 2.15 bits per heavy atom. The fraction of sp³-hybridized carbons (Fsp3) is 0.692. The molecule has 5 amide bonds. The summed E-state index contributed by atoms with van der Waals surface area (Å²) in [6.07, 6.45) is 6.49. The fourth-order valence-corrected chi connectivity index (χ4v) is 3.62. The molecule has 6 N–H and O–H groups in total. The predicted molar refractivity (Wildman–Crippen MR) is 145 cm³/mol. The lowest BCUT2D eigenvalue weighted by molar-refractivity contribution is -0.139. The molecule has 0 saturated heterocycles. The smallest absolute Gasteiger partial charge is 0.322 e. The molecule has 15 nitrogen and oxygen atoms in total. The van der Waals surface area contributed by atoms with Crippen LogP contribution in [0.5, 0.6) is 0 Å². The molecule has 1 heterocycles. The zero-order chi connectivity index (χ0) is 30.3. The van der Waals surface area contributed by atoms with Gasteiger partial charge in [0, 0.05) is 31.7 Å². The van der Waals surface area contributed by atoms with Crippen LogP contribution in [0, 0.1) is 0 Å². The van der Waals surface area contributed by atoms with Crippen molar-refractivity contribution < 1.29 is 48.1 Å². The molecule has 0 aromatic heterocycles. The first kappa shape index (κ1) is 35.6. The number of carboxylic acids is 1. The van der Waals surface area contributed by atoms with Crippen molar-refractivity contribution in [3.05, 3.63) is 12.2 Å². The fourth-order valence-electron chi connectivity index (χ4n) is 3.62. The number of rotatable bonds is 25. The van der Waals surface area contributed by atoms with Crippen molar-refractivity contribution in [2.45, 2.75) is 51.0 Å². The number of hydrogen-bond acceptors (Lipinski definition) is 10. The van der Waals surface area contributed by atoms with Crippen molar-refractivity contribution in [3.8, 4) is 0 Å². The molecule has 0 spiro atoms. The molecule has 15 heteroatoms. The summed E-state index contributed by atoms with van der Waals surface area (Å²) < 4.78 is 16.0. The number of carboxylic acid groups (broad SMARTS) is 1. The van der Waals surface area contributed by atoms with E-state index in [4.69, 9.17) is 25.1 Å². The van der Waals surface area contributed by atoms with Gasteiger partial charge in [-0.1, -0.05) is 6.42 Å². The third kappa shape index (κ3) is 17.8. The lowest BCUT2D eigenvalue weighted by atomic mass is 10.1. The van der Waals surface area contributed by atoms with E-state index in [9.17, 15) is 28.8 Å². The number of imide groups is 1. The van der Waals surface area contributed by atoms with Crippen LogP contribution in [0.1, 0.15) is 44.9 Å². The highest BCUT2D eigenvalue weighted by molar-refractivity contribution is 6.12. The Hall–Kier alpha value is -3.40. The van der Waals surface area contributed by atoms with E-state index in [1.165, 1.54) is 17.1 Å². The van der Waals surface area contributed by atoms with Gasteiger partial charge in [-0.3, -0.25) is 33.7 Å². The standard InChI is InChI=1S/C26H43N5O10/c27-10-4-3-6-20(26(38)29-18-25(36)37)30-22(33)19-41-17-16-40-15-14-39-13-11-28-21(32)7-2-1-5-12-31-23(34)8-9-24(31)35/h8-9,20H,1-7,10-19,27H2,(H,28,32)(H,29,38)(H,30,33)(H,36,37). The molecular weight excluding hydrogens is 542 g/mol. The van der Waals surface area contributed by atoms with Crippen LogP contribution < -0.4 is 21.7 Å². The molecule has 0 bridgehead atoms. The van der Waals surface area contributed by atoms with Crippen molar-refractivity contribution >= 4 is 35.5 Å². The molecule has 1 rings (SSSR count). The monoisotopic (exact) mass is 585 g/mol. The average Bonchev–Trinajstić information content (AvgIpc) is 3.26. The number of nitrogens with two attached hydrogens (primary N) is 1. The van der Waals surface area contributed by atoms with Crippen LogP contribution in [0.3, 0.4) is 0 Å². The van der Waals surface area contributed by atoms with Gasteiger partial charge in [-0.25, -0.2) is 0 Å². The first-order chi connectivity index (χ1) is 19.7. The van der Waals surface area contributed by atoms with Gasteiger partial charge in [-0.2, -0.15) is 0 Å². The molecule has 1 aliphatic rings. The van der Waals surface area contributed by atoms with E-state index in [1.54, 1.807) is 0 Å². The van der Waals surface area contributed by atoms with Crippen LogP contribution in [0.2, 0.25) is 0 Å². The van der Waals surface area contributed by atoms with Crippen LogP contribution in [-0.2, 0) is 43.0 Å². The Morgan fingerprint density at radius 2 is 1.49 bits per heavy atom. The van der Waals surface area contributed by atoms with Crippen molar-refractivity contribution in [1.82, 2.24) is 20.9 Å². The van der Waals surface area contributed by atoms with E-state index in [-0.39, 0.29) is 37.5 Å². The molecule has 41 heavy (non-hydrogen) atoms. The SMILES string of the molecule is NCCCCC(NC(=O)COCCOCCOCCNC(=O)CCCCCN1C(=O)C=CC1=O)C(=O)NCC(=O)O. The number of aliphatic carboxylic acids is 1. The van der Waals surface area contributed by atoms with Crippen LogP contribution in [0.15, 0.2) is 12.2 Å². The van der Waals surface area contributed by atoms with Gasteiger partial charge >= 0.3 is 5.97 Å². The lowest BCUT2D eigenvalue weighted by Gasteiger charge is -2.18. The average molecular weight is 586 g/mol. The molecule has 0 saturated carbocycles. The third-order valence-corrected chi connectivity index (χ3v) is 5.74. The second-order valence-corrected chi connectivity index (χ2v) is 9.12. The van der Waals surface area contributed by atoms with Gasteiger partial charge in [0.05, 0.1) is 33.0 Å². The maximum Gasteiger partial charge on any atom is 0.322 e. The van der Waals surface area contributed by atoms with Gasteiger partial charge in [0.25, 0.3) is 11.8 Å².